The average Bonchev–Trinajstić information content (AvgIpc) is 2.95. The number of thioether (sulfide) groups is 1. The number of hydrogen-bond acceptors (Lipinski definition) is 4. The minimum atomic E-state index is -4.60. The lowest BCUT2D eigenvalue weighted by Crippen LogP contribution is -2.08. The molecular formula is C18H11Cl2F3N4S. The van der Waals surface area contributed by atoms with Crippen LogP contribution in [0.5, 0.6) is 0 Å². The maximum absolute atomic E-state index is 12.9. The van der Waals surface area contributed by atoms with Crippen molar-refractivity contribution in [3.05, 3.63) is 69.3 Å². The number of nitriles is 1. The fourth-order valence-electron chi connectivity index (χ4n) is 2.46. The Morgan fingerprint density at radius 1 is 1.14 bits per heavy atom. The Hall–Kier alpha value is -2.34. The number of nitrogens with two attached hydrogens (primary N) is 1. The molecule has 3 rings (SSSR count). The van der Waals surface area contributed by atoms with Crippen molar-refractivity contribution >= 4 is 40.8 Å². The Bertz CT molecular complexity index is 1040. The van der Waals surface area contributed by atoms with Gasteiger partial charge >= 0.3 is 6.18 Å². The lowest BCUT2D eigenvalue weighted by Gasteiger charge is -2.13. The molecule has 1 heterocycles. The van der Waals surface area contributed by atoms with E-state index in [2.05, 4.69) is 5.10 Å². The summed E-state index contributed by atoms with van der Waals surface area (Å²) >= 11 is 13.4. The lowest BCUT2D eigenvalue weighted by molar-refractivity contribution is -0.137. The van der Waals surface area contributed by atoms with E-state index in [9.17, 15) is 18.4 Å². The van der Waals surface area contributed by atoms with Gasteiger partial charge in [-0.2, -0.15) is 23.5 Å². The van der Waals surface area contributed by atoms with E-state index in [0.29, 0.717) is 10.6 Å². The van der Waals surface area contributed by atoms with Crippen LogP contribution in [-0.4, -0.2) is 9.78 Å². The maximum Gasteiger partial charge on any atom is 0.416 e. The molecule has 3 aromatic rings. The molecule has 0 unspecified atom stereocenters. The third kappa shape index (κ3) is 4.07. The second-order valence-corrected chi connectivity index (χ2v) is 7.45. The molecule has 144 valence electrons. The molecule has 2 aromatic carbocycles. The molecule has 0 spiro atoms. The van der Waals surface area contributed by atoms with E-state index < -0.39 is 11.7 Å². The molecular weight excluding hydrogens is 432 g/mol. The number of hydrogen-bond donors (Lipinski definition) is 1. The lowest BCUT2D eigenvalue weighted by atomic mass is 10.2. The Morgan fingerprint density at radius 3 is 2.29 bits per heavy atom. The van der Waals surface area contributed by atoms with Gasteiger partial charge in [0.05, 0.1) is 20.5 Å². The quantitative estimate of drug-likeness (QED) is 0.507. The molecule has 0 amide bonds. The number of nitrogen functional groups attached to an aromatic ring is 1. The Balaban J connectivity index is 2.02. The second-order valence-electron chi connectivity index (χ2n) is 5.65. The average molecular weight is 443 g/mol. The zero-order valence-corrected chi connectivity index (χ0v) is 16.3. The Labute approximate surface area is 172 Å². The van der Waals surface area contributed by atoms with Gasteiger partial charge in [0.1, 0.15) is 17.6 Å². The van der Waals surface area contributed by atoms with Crippen LogP contribution in [0.1, 0.15) is 16.8 Å². The number of nitrogens with zero attached hydrogens (tertiary/aromatic N) is 3. The van der Waals surface area contributed by atoms with Crippen LogP contribution >= 0.6 is 35.0 Å². The standard InChI is InChI=1S/C18H11Cl2F3N4S/c19-12-6-11(18(21,22)23)7-13(20)15(12)27-17(25)16(14(8-24)26-27)28-9-10-4-2-1-3-5-10/h1-7H,9,25H2. The summed E-state index contributed by atoms with van der Waals surface area (Å²) in [4.78, 5) is 0.401. The summed E-state index contributed by atoms with van der Waals surface area (Å²) in [5.41, 5.74) is 6.16. The first-order valence-corrected chi connectivity index (χ1v) is 9.48. The van der Waals surface area contributed by atoms with E-state index in [4.69, 9.17) is 28.9 Å². The predicted octanol–water partition coefficient (Wildman–Crippen LogP) is 5.94. The van der Waals surface area contributed by atoms with Crippen LogP contribution in [0.3, 0.4) is 0 Å². The van der Waals surface area contributed by atoms with Gasteiger partial charge in [-0.15, -0.1) is 11.8 Å². The number of aromatic nitrogens is 2. The van der Waals surface area contributed by atoms with Crippen LogP contribution in [0, 0.1) is 11.3 Å². The highest BCUT2D eigenvalue weighted by atomic mass is 35.5. The van der Waals surface area contributed by atoms with Gasteiger partial charge < -0.3 is 5.73 Å². The van der Waals surface area contributed by atoms with Gasteiger partial charge in [0.25, 0.3) is 0 Å². The highest BCUT2D eigenvalue weighted by Gasteiger charge is 2.32. The summed E-state index contributed by atoms with van der Waals surface area (Å²) in [6, 6.07) is 12.9. The minimum absolute atomic E-state index is 0.0168. The molecule has 0 radical (unpaired) electrons. The van der Waals surface area contributed by atoms with Gasteiger partial charge in [0.15, 0.2) is 5.69 Å². The molecule has 0 saturated heterocycles. The summed E-state index contributed by atoms with van der Waals surface area (Å²) in [5.74, 6) is 0.598. The van der Waals surface area contributed by atoms with Crippen molar-refractivity contribution < 1.29 is 13.2 Å². The van der Waals surface area contributed by atoms with Crippen LogP contribution in [0.15, 0.2) is 47.4 Å². The van der Waals surface area contributed by atoms with Crippen LogP contribution in [-0.2, 0) is 11.9 Å². The smallest absolute Gasteiger partial charge is 0.383 e. The fraction of sp³-hybridized carbons (Fsp3) is 0.111. The molecule has 2 N–H and O–H groups in total. The van der Waals surface area contributed by atoms with Crippen molar-refractivity contribution in [2.45, 2.75) is 16.8 Å². The molecule has 0 fully saturated rings. The van der Waals surface area contributed by atoms with Crippen molar-refractivity contribution in [3.8, 4) is 11.8 Å². The van der Waals surface area contributed by atoms with Crippen LogP contribution < -0.4 is 5.73 Å². The van der Waals surface area contributed by atoms with Gasteiger partial charge in [0, 0.05) is 5.75 Å². The molecule has 28 heavy (non-hydrogen) atoms. The van der Waals surface area contributed by atoms with E-state index in [0.717, 1.165) is 22.4 Å². The van der Waals surface area contributed by atoms with Gasteiger partial charge in [-0.05, 0) is 17.7 Å². The van der Waals surface area contributed by atoms with E-state index in [1.807, 2.05) is 36.4 Å². The van der Waals surface area contributed by atoms with Gasteiger partial charge in [-0.3, -0.25) is 0 Å². The summed E-state index contributed by atoms with van der Waals surface area (Å²) < 4.78 is 39.9. The van der Waals surface area contributed by atoms with E-state index in [-0.39, 0.29) is 27.2 Å². The highest BCUT2D eigenvalue weighted by molar-refractivity contribution is 7.98. The Morgan fingerprint density at radius 2 is 1.75 bits per heavy atom. The second kappa shape index (κ2) is 7.95. The molecule has 1 aromatic heterocycles. The normalized spacial score (nSPS) is 11.4. The summed E-state index contributed by atoms with van der Waals surface area (Å²) in [5, 5.41) is 12.9. The summed E-state index contributed by atoms with van der Waals surface area (Å²) in [7, 11) is 0. The number of alkyl halides is 3. The van der Waals surface area contributed by atoms with Crippen LogP contribution in [0.2, 0.25) is 10.0 Å². The minimum Gasteiger partial charge on any atom is -0.383 e. The summed E-state index contributed by atoms with van der Waals surface area (Å²) in [6.45, 7) is 0. The number of benzene rings is 2. The van der Waals surface area contributed by atoms with Crippen molar-refractivity contribution in [3.63, 3.8) is 0 Å². The van der Waals surface area contributed by atoms with Crippen LogP contribution in [0.4, 0.5) is 19.0 Å². The van der Waals surface area contributed by atoms with Crippen molar-refractivity contribution in [1.82, 2.24) is 9.78 Å². The molecule has 4 nitrogen and oxygen atoms in total. The molecule has 0 aliphatic carbocycles. The molecule has 0 bridgehead atoms. The SMILES string of the molecule is N#Cc1nn(-c2c(Cl)cc(C(F)(F)F)cc2Cl)c(N)c1SCc1ccccc1. The topological polar surface area (TPSA) is 67.6 Å². The summed E-state index contributed by atoms with van der Waals surface area (Å²) in [6.07, 6.45) is -4.60. The zero-order chi connectivity index (χ0) is 20.5. The molecule has 0 saturated carbocycles. The highest BCUT2D eigenvalue weighted by Crippen LogP contribution is 2.40. The molecule has 0 atom stereocenters. The van der Waals surface area contributed by atoms with Gasteiger partial charge in [-0.1, -0.05) is 53.5 Å². The third-order valence-electron chi connectivity index (χ3n) is 3.76. The first-order valence-electron chi connectivity index (χ1n) is 7.74. The first kappa shape index (κ1) is 20.4. The monoisotopic (exact) mass is 442 g/mol. The van der Waals surface area contributed by atoms with Crippen molar-refractivity contribution in [1.29, 1.82) is 5.26 Å². The predicted molar refractivity (Wildman–Crippen MR) is 104 cm³/mol. The van der Waals surface area contributed by atoms with Gasteiger partial charge in [0.2, 0.25) is 0 Å². The van der Waals surface area contributed by atoms with Gasteiger partial charge in [-0.25, -0.2) is 4.68 Å². The first-order chi connectivity index (χ1) is 13.2. The van der Waals surface area contributed by atoms with E-state index >= 15 is 0 Å². The maximum atomic E-state index is 12.9. The molecule has 10 heteroatoms. The number of halogens is 5. The van der Waals surface area contributed by atoms with Crippen LogP contribution in [0.25, 0.3) is 5.69 Å². The number of rotatable bonds is 4. The zero-order valence-electron chi connectivity index (χ0n) is 14.0. The fourth-order valence-corrected chi connectivity index (χ4v) is 4.07. The van der Waals surface area contributed by atoms with E-state index in [1.54, 1.807) is 0 Å². The molecule has 0 aliphatic rings. The largest absolute Gasteiger partial charge is 0.416 e. The van der Waals surface area contributed by atoms with E-state index in [1.165, 1.54) is 11.8 Å². The van der Waals surface area contributed by atoms with Crippen molar-refractivity contribution in [2.24, 2.45) is 0 Å². The number of anilines is 1. The van der Waals surface area contributed by atoms with Crippen molar-refractivity contribution in [2.75, 3.05) is 5.73 Å². The Kier molecular flexibility index (Phi) is 5.79. The third-order valence-corrected chi connectivity index (χ3v) is 5.51. The molecule has 0 aliphatic heterocycles.